The summed E-state index contributed by atoms with van der Waals surface area (Å²) in [6, 6.07) is 4.58. The van der Waals surface area contributed by atoms with Gasteiger partial charge in [-0.2, -0.15) is 26.3 Å². The van der Waals surface area contributed by atoms with Gasteiger partial charge in [-0.25, -0.2) is 14.0 Å². The SMILES string of the molecule is COC(=O)[C@H]1CC[C@@H](c2cc(-c3ccc(F)cc3C)c(N(C)C(=O)C(C)(C)c3cc(C(F)(F)F)cc(C(F)(F)F)c3)cn2)N1C(=O)OC(C)(C)C. The fourth-order valence-corrected chi connectivity index (χ4v) is 6.06. The Balaban J connectivity index is 1.87. The number of alkyl halides is 6. The molecule has 3 aromatic rings. The van der Waals surface area contributed by atoms with E-state index in [1.807, 2.05) is 0 Å². The van der Waals surface area contributed by atoms with Gasteiger partial charge in [0.1, 0.15) is 17.5 Å². The van der Waals surface area contributed by atoms with Crippen molar-refractivity contribution in [2.75, 3.05) is 19.1 Å². The molecule has 1 saturated heterocycles. The standard InChI is InChI=1S/C36H38F7N3O5/c1-19-13-23(37)9-10-24(19)25-17-26(27-11-12-28(30(47)50-8)46(27)32(49)51-33(2,3)4)44-18-29(25)45(7)31(48)34(5,6)20-14-21(35(38,39)40)16-22(15-20)36(41,42)43/h9-10,13-18,27-28H,11-12H2,1-8H3/t27-,28+/m0/s1. The minimum Gasteiger partial charge on any atom is -0.467 e. The Morgan fingerprint density at radius 3 is 1.92 bits per heavy atom. The summed E-state index contributed by atoms with van der Waals surface area (Å²) in [5.74, 6) is -2.12. The molecule has 0 radical (unpaired) electrons. The predicted octanol–water partition coefficient (Wildman–Crippen LogP) is 8.79. The number of anilines is 1. The molecule has 15 heteroatoms. The van der Waals surface area contributed by atoms with E-state index in [9.17, 15) is 45.1 Å². The highest BCUT2D eigenvalue weighted by atomic mass is 19.4. The normalized spacial score (nSPS) is 17.0. The maximum Gasteiger partial charge on any atom is 0.416 e. The number of pyridine rings is 1. The maximum absolute atomic E-state index is 14.2. The van der Waals surface area contributed by atoms with Crippen molar-refractivity contribution in [1.29, 1.82) is 0 Å². The first-order valence-corrected chi connectivity index (χ1v) is 15.8. The zero-order chi connectivity index (χ0) is 38.4. The van der Waals surface area contributed by atoms with Crippen LogP contribution in [0.15, 0.2) is 48.7 Å². The molecule has 0 saturated carbocycles. The molecule has 0 unspecified atom stereocenters. The average Bonchev–Trinajstić information content (AvgIpc) is 3.47. The first-order valence-electron chi connectivity index (χ1n) is 15.8. The van der Waals surface area contributed by atoms with Gasteiger partial charge in [-0.1, -0.05) is 6.07 Å². The third kappa shape index (κ3) is 8.28. The lowest BCUT2D eigenvalue weighted by Crippen LogP contribution is -2.45. The van der Waals surface area contributed by atoms with E-state index in [2.05, 4.69) is 4.98 Å². The molecule has 2 atom stereocenters. The molecule has 4 rings (SSSR count). The third-order valence-corrected chi connectivity index (χ3v) is 8.70. The van der Waals surface area contributed by atoms with Crippen molar-refractivity contribution in [3.63, 3.8) is 0 Å². The van der Waals surface area contributed by atoms with Gasteiger partial charge in [-0.3, -0.25) is 14.7 Å². The highest BCUT2D eigenvalue weighted by molar-refractivity contribution is 6.03. The molecule has 1 aliphatic rings. The number of hydrogen-bond donors (Lipinski definition) is 0. The molecule has 1 fully saturated rings. The van der Waals surface area contributed by atoms with Crippen LogP contribution < -0.4 is 4.90 Å². The molecule has 51 heavy (non-hydrogen) atoms. The number of carbonyl (C=O) groups excluding carboxylic acids is 3. The van der Waals surface area contributed by atoms with Gasteiger partial charge < -0.3 is 14.4 Å². The number of nitrogens with zero attached hydrogens (tertiary/aromatic N) is 3. The van der Waals surface area contributed by atoms with E-state index in [0.717, 1.165) is 4.90 Å². The monoisotopic (exact) mass is 725 g/mol. The number of hydrogen-bond acceptors (Lipinski definition) is 6. The largest absolute Gasteiger partial charge is 0.467 e. The molecule has 2 heterocycles. The van der Waals surface area contributed by atoms with Crippen molar-refractivity contribution in [2.24, 2.45) is 0 Å². The lowest BCUT2D eigenvalue weighted by Gasteiger charge is -2.33. The quantitative estimate of drug-likeness (QED) is 0.187. The van der Waals surface area contributed by atoms with Crippen LogP contribution >= 0.6 is 0 Å². The summed E-state index contributed by atoms with van der Waals surface area (Å²) in [6.07, 6.45) is -9.34. The second-order valence-corrected chi connectivity index (χ2v) is 13.9. The third-order valence-electron chi connectivity index (χ3n) is 8.70. The van der Waals surface area contributed by atoms with Crippen molar-refractivity contribution in [1.82, 2.24) is 9.88 Å². The van der Waals surface area contributed by atoms with Crippen molar-refractivity contribution >= 4 is 23.7 Å². The predicted molar refractivity (Wildman–Crippen MR) is 173 cm³/mol. The van der Waals surface area contributed by atoms with Gasteiger partial charge in [-0.15, -0.1) is 0 Å². The lowest BCUT2D eigenvalue weighted by molar-refractivity contribution is -0.146. The van der Waals surface area contributed by atoms with Crippen LogP contribution in [0.5, 0.6) is 0 Å². The highest BCUT2D eigenvalue weighted by Gasteiger charge is 2.46. The van der Waals surface area contributed by atoms with Crippen LogP contribution in [-0.2, 0) is 36.8 Å². The van der Waals surface area contributed by atoms with E-state index in [1.54, 1.807) is 33.8 Å². The number of methoxy groups -OCH3 is 1. The summed E-state index contributed by atoms with van der Waals surface area (Å²) < 4.78 is 107. The van der Waals surface area contributed by atoms with E-state index in [1.165, 1.54) is 57.3 Å². The summed E-state index contributed by atoms with van der Waals surface area (Å²) in [6.45, 7) is 8.98. The number of likely N-dealkylation sites (N-methyl/N-ethyl adjacent to an activating group) is 1. The van der Waals surface area contributed by atoms with Crippen molar-refractivity contribution < 1.29 is 54.6 Å². The van der Waals surface area contributed by atoms with E-state index in [0.29, 0.717) is 23.3 Å². The first kappa shape index (κ1) is 39.1. The minimum absolute atomic E-state index is 0.0137. The van der Waals surface area contributed by atoms with E-state index in [4.69, 9.17) is 9.47 Å². The molecule has 0 spiro atoms. The van der Waals surface area contributed by atoms with Crippen LogP contribution in [0.2, 0.25) is 0 Å². The van der Waals surface area contributed by atoms with Gasteiger partial charge >= 0.3 is 24.4 Å². The van der Waals surface area contributed by atoms with Crippen LogP contribution in [0.3, 0.4) is 0 Å². The Kier molecular flexibility index (Phi) is 10.6. The molecule has 2 aromatic carbocycles. The zero-order valence-electron chi connectivity index (χ0n) is 29.2. The Labute approximate surface area is 290 Å². The molecule has 2 amide bonds. The molecule has 1 aromatic heterocycles. The second kappa shape index (κ2) is 13.8. The molecule has 1 aliphatic heterocycles. The Bertz CT molecular complexity index is 1800. The Morgan fingerprint density at radius 2 is 1.41 bits per heavy atom. The number of ether oxygens (including phenoxy) is 2. The van der Waals surface area contributed by atoms with E-state index >= 15 is 0 Å². The average molecular weight is 726 g/mol. The molecular formula is C36H38F7N3O5. The number of rotatable bonds is 6. The van der Waals surface area contributed by atoms with Gasteiger partial charge in [0.15, 0.2) is 0 Å². The zero-order valence-corrected chi connectivity index (χ0v) is 29.2. The van der Waals surface area contributed by atoms with Crippen molar-refractivity contribution in [3.8, 4) is 11.1 Å². The number of carbonyl (C=O) groups is 3. The van der Waals surface area contributed by atoms with Crippen LogP contribution in [0.4, 0.5) is 41.2 Å². The highest BCUT2D eigenvalue weighted by Crippen LogP contribution is 2.43. The number of halogens is 7. The fourth-order valence-electron chi connectivity index (χ4n) is 6.06. The fraction of sp³-hybridized carbons (Fsp3) is 0.444. The van der Waals surface area contributed by atoms with E-state index in [-0.39, 0.29) is 35.9 Å². The number of aryl methyl sites for hydroxylation is 1. The number of amides is 2. The van der Waals surface area contributed by atoms with Crippen molar-refractivity contribution in [3.05, 3.63) is 82.4 Å². The number of likely N-dealkylation sites (tertiary alicyclic amines) is 1. The topological polar surface area (TPSA) is 89.0 Å². The second-order valence-electron chi connectivity index (χ2n) is 13.9. The van der Waals surface area contributed by atoms with Gasteiger partial charge in [0.2, 0.25) is 5.91 Å². The van der Waals surface area contributed by atoms with Crippen LogP contribution in [0, 0.1) is 12.7 Å². The van der Waals surface area contributed by atoms with E-state index < -0.39 is 75.9 Å². The molecule has 0 bridgehead atoms. The number of esters is 1. The van der Waals surface area contributed by atoms with Crippen LogP contribution in [-0.4, -0.2) is 53.7 Å². The minimum atomic E-state index is -5.13. The molecule has 0 N–H and O–H groups in total. The Hall–Kier alpha value is -4.69. The molecular weight excluding hydrogens is 687 g/mol. The maximum atomic E-state index is 14.2. The van der Waals surface area contributed by atoms with Gasteiger partial charge in [0.05, 0.1) is 47.3 Å². The van der Waals surface area contributed by atoms with Crippen molar-refractivity contribution in [2.45, 2.75) is 89.8 Å². The first-order chi connectivity index (χ1) is 23.4. The summed E-state index contributed by atoms with van der Waals surface area (Å²) in [4.78, 5) is 47.1. The van der Waals surface area contributed by atoms with Gasteiger partial charge in [0.25, 0.3) is 0 Å². The molecule has 276 valence electrons. The van der Waals surface area contributed by atoms with Crippen LogP contribution in [0.1, 0.15) is 81.4 Å². The summed E-state index contributed by atoms with van der Waals surface area (Å²) in [5.41, 5.74) is -5.05. The molecule has 8 nitrogen and oxygen atoms in total. The van der Waals surface area contributed by atoms with Gasteiger partial charge in [-0.05, 0) is 107 Å². The molecule has 0 aliphatic carbocycles. The van der Waals surface area contributed by atoms with Crippen LogP contribution in [0.25, 0.3) is 11.1 Å². The lowest BCUT2D eigenvalue weighted by atomic mass is 9.81. The van der Waals surface area contributed by atoms with Gasteiger partial charge in [0, 0.05) is 12.6 Å². The Morgan fingerprint density at radius 1 is 0.843 bits per heavy atom. The smallest absolute Gasteiger partial charge is 0.416 e. The number of aromatic nitrogens is 1. The summed E-state index contributed by atoms with van der Waals surface area (Å²) in [7, 11) is 2.47. The summed E-state index contributed by atoms with van der Waals surface area (Å²) >= 11 is 0. The summed E-state index contributed by atoms with van der Waals surface area (Å²) in [5, 5.41) is 0. The number of benzene rings is 2.